The number of nitrogens with one attached hydrogen (secondary N) is 1. The molecule has 1 aliphatic rings. The molecule has 4 nitrogen and oxygen atoms in total. The van der Waals surface area contributed by atoms with Crippen molar-refractivity contribution >= 4 is 6.01 Å². The topological polar surface area (TPSA) is 51.0 Å². The van der Waals surface area contributed by atoms with Crippen LogP contribution in [-0.2, 0) is 0 Å². The lowest BCUT2D eigenvalue weighted by atomic mass is 9.85. The van der Waals surface area contributed by atoms with Gasteiger partial charge in [-0.2, -0.15) is 0 Å². The van der Waals surface area contributed by atoms with Gasteiger partial charge in [0.1, 0.15) is 5.82 Å². The zero-order valence-electron chi connectivity index (χ0n) is 10.8. The lowest BCUT2D eigenvalue weighted by molar-refractivity contribution is 0.338. The highest BCUT2D eigenvalue weighted by molar-refractivity contribution is 5.28. The summed E-state index contributed by atoms with van der Waals surface area (Å²) in [4.78, 5) is 0. The van der Waals surface area contributed by atoms with Crippen LogP contribution in [0, 0.1) is 5.82 Å². The fraction of sp³-hybridized carbons (Fsp3) is 0.429. The molecule has 0 bridgehead atoms. The van der Waals surface area contributed by atoms with E-state index in [1.165, 1.54) is 18.6 Å². The van der Waals surface area contributed by atoms with Gasteiger partial charge in [-0.25, -0.2) is 4.39 Å². The van der Waals surface area contributed by atoms with Crippen LogP contribution in [0.3, 0.4) is 0 Å². The van der Waals surface area contributed by atoms with E-state index in [1.807, 2.05) is 6.92 Å². The Bertz CT molecular complexity index is 548. The highest BCUT2D eigenvalue weighted by Crippen LogP contribution is 2.36. The summed E-state index contributed by atoms with van der Waals surface area (Å²) in [7, 11) is 0. The van der Waals surface area contributed by atoms with E-state index in [0.717, 1.165) is 24.3 Å². The normalized spacial score (nSPS) is 16.9. The van der Waals surface area contributed by atoms with Crippen molar-refractivity contribution < 1.29 is 8.81 Å². The van der Waals surface area contributed by atoms with Gasteiger partial charge in [-0.15, -0.1) is 5.10 Å². The molecule has 1 saturated carbocycles. The summed E-state index contributed by atoms with van der Waals surface area (Å²) < 4.78 is 18.4. The maximum atomic E-state index is 12.9. The van der Waals surface area contributed by atoms with Gasteiger partial charge in [0.05, 0.1) is 6.04 Å². The zero-order chi connectivity index (χ0) is 13.2. The van der Waals surface area contributed by atoms with E-state index >= 15 is 0 Å². The van der Waals surface area contributed by atoms with Crippen LogP contribution in [0.15, 0.2) is 28.7 Å². The number of rotatable bonds is 4. The second-order valence-electron chi connectivity index (χ2n) is 4.99. The molecule has 2 aromatic rings. The molecular weight excluding hydrogens is 245 g/mol. The fourth-order valence-corrected chi connectivity index (χ4v) is 2.13. The summed E-state index contributed by atoms with van der Waals surface area (Å²) in [6, 6.07) is 6.81. The van der Waals surface area contributed by atoms with Crippen LogP contribution in [0.5, 0.6) is 0 Å². The van der Waals surface area contributed by atoms with Crippen LogP contribution < -0.4 is 5.32 Å². The predicted octanol–water partition coefficient (Wildman–Crippen LogP) is 3.65. The number of hydrogen-bond acceptors (Lipinski definition) is 4. The van der Waals surface area contributed by atoms with Gasteiger partial charge in [-0.05, 0) is 37.5 Å². The maximum absolute atomic E-state index is 12.9. The van der Waals surface area contributed by atoms with E-state index in [-0.39, 0.29) is 11.9 Å². The van der Waals surface area contributed by atoms with E-state index in [0.29, 0.717) is 11.9 Å². The molecule has 1 aromatic carbocycles. The van der Waals surface area contributed by atoms with Gasteiger partial charge in [-0.3, -0.25) is 0 Å². The SMILES string of the molecule is C[C@@H](Nc1nnc(C2CCC2)o1)c1ccc(F)cc1. The van der Waals surface area contributed by atoms with Gasteiger partial charge in [0.25, 0.3) is 0 Å². The van der Waals surface area contributed by atoms with Crippen molar-refractivity contribution in [3.05, 3.63) is 41.5 Å². The Balaban J connectivity index is 1.66. The lowest BCUT2D eigenvalue weighted by Crippen LogP contribution is -2.08. The van der Waals surface area contributed by atoms with Crippen molar-refractivity contribution in [3.63, 3.8) is 0 Å². The summed E-state index contributed by atoms with van der Waals surface area (Å²) in [5, 5.41) is 11.2. The van der Waals surface area contributed by atoms with E-state index < -0.39 is 0 Å². The van der Waals surface area contributed by atoms with Crippen molar-refractivity contribution in [3.8, 4) is 0 Å². The molecule has 0 saturated heterocycles. The molecule has 0 amide bonds. The molecule has 0 unspecified atom stereocenters. The number of benzene rings is 1. The molecule has 1 aromatic heterocycles. The minimum atomic E-state index is -0.235. The molecule has 5 heteroatoms. The molecule has 100 valence electrons. The van der Waals surface area contributed by atoms with Crippen molar-refractivity contribution in [2.45, 2.75) is 38.1 Å². The van der Waals surface area contributed by atoms with Gasteiger partial charge in [0.15, 0.2) is 0 Å². The monoisotopic (exact) mass is 261 g/mol. The van der Waals surface area contributed by atoms with Gasteiger partial charge >= 0.3 is 6.01 Å². The van der Waals surface area contributed by atoms with Crippen LogP contribution in [-0.4, -0.2) is 10.2 Å². The van der Waals surface area contributed by atoms with Crippen LogP contribution in [0.2, 0.25) is 0 Å². The number of nitrogens with zero attached hydrogens (tertiary/aromatic N) is 2. The third-order valence-corrected chi connectivity index (χ3v) is 3.61. The van der Waals surface area contributed by atoms with Gasteiger partial charge in [0.2, 0.25) is 5.89 Å². The summed E-state index contributed by atoms with van der Waals surface area (Å²) in [5.74, 6) is 0.922. The smallest absolute Gasteiger partial charge is 0.315 e. The Kier molecular flexibility index (Phi) is 3.19. The first-order chi connectivity index (χ1) is 9.22. The number of aromatic nitrogens is 2. The minimum absolute atomic E-state index is 0.00436. The van der Waals surface area contributed by atoms with Crippen LogP contribution in [0.25, 0.3) is 0 Å². The summed E-state index contributed by atoms with van der Waals surface area (Å²) in [6.07, 6.45) is 3.51. The molecule has 1 aliphatic carbocycles. The van der Waals surface area contributed by atoms with Crippen LogP contribution in [0.1, 0.15) is 49.6 Å². The molecule has 1 fully saturated rings. The first kappa shape index (κ1) is 12.1. The molecule has 19 heavy (non-hydrogen) atoms. The van der Waals surface area contributed by atoms with E-state index in [1.54, 1.807) is 12.1 Å². The van der Waals surface area contributed by atoms with Gasteiger partial charge in [0, 0.05) is 5.92 Å². The van der Waals surface area contributed by atoms with Gasteiger partial charge in [-0.1, -0.05) is 23.7 Å². The standard InChI is InChI=1S/C14H16FN3O/c1-9(10-5-7-12(15)8-6-10)16-14-18-17-13(19-14)11-3-2-4-11/h5-9,11H,2-4H2,1H3,(H,16,18)/t9-/m1/s1. The number of hydrogen-bond donors (Lipinski definition) is 1. The Morgan fingerprint density at radius 1 is 1.26 bits per heavy atom. The first-order valence-electron chi connectivity index (χ1n) is 6.58. The molecule has 0 aliphatic heterocycles. The first-order valence-corrected chi connectivity index (χ1v) is 6.58. The van der Waals surface area contributed by atoms with Gasteiger partial charge < -0.3 is 9.73 Å². The Morgan fingerprint density at radius 2 is 2.00 bits per heavy atom. The van der Waals surface area contributed by atoms with Crippen LogP contribution >= 0.6 is 0 Å². The molecule has 1 heterocycles. The number of halogens is 1. The van der Waals surface area contributed by atoms with Crippen molar-refractivity contribution in [2.75, 3.05) is 5.32 Å². The minimum Gasteiger partial charge on any atom is -0.408 e. The third-order valence-electron chi connectivity index (χ3n) is 3.61. The Hall–Kier alpha value is -1.91. The van der Waals surface area contributed by atoms with Crippen LogP contribution in [0.4, 0.5) is 10.4 Å². The summed E-state index contributed by atoms with van der Waals surface area (Å²) in [5.41, 5.74) is 0.977. The predicted molar refractivity (Wildman–Crippen MR) is 69.3 cm³/mol. The highest BCUT2D eigenvalue weighted by Gasteiger charge is 2.25. The average molecular weight is 261 g/mol. The fourth-order valence-electron chi connectivity index (χ4n) is 2.13. The largest absolute Gasteiger partial charge is 0.408 e. The van der Waals surface area contributed by atoms with E-state index in [4.69, 9.17) is 4.42 Å². The Labute approximate surface area is 111 Å². The molecule has 1 atom stereocenters. The zero-order valence-corrected chi connectivity index (χ0v) is 10.8. The molecule has 0 spiro atoms. The molecular formula is C14H16FN3O. The van der Waals surface area contributed by atoms with Crippen molar-refractivity contribution in [2.24, 2.45) is 0 Å². The molecule has 0 radical (unpaired) electrons. The van der Waals surface area contributed by atoms with Crippen molar-refractivity contribution in [1.82, 2.24) is 10.2 Å². The molecule has 1 N–H and O–H groups in total. The highest BCUT2D eigenvalue weighted by atomic mass is 19.1. The van der Waals surface area contributed by atoms with E-state index in [9.17, 15) is 4.39 Å². The van der Waals surface area contributed by atoms with E-state index in [2.05, 4.69) is 15.5 Å². The summed E-state index contributed by atoms with van der Waals surface area (Å²) in [6.45, 7) is 1.97. The number of anilines is 1. The quantitative estimate of drug-likeness (QED) is 0.912. The average Bonchev–Trinajstić information content (AvgIpc) is 2.76. The Morgan fingerprint density at radius 3 is 2.63 bits per heavy atom. The van der Waals surface area contributed by atoms with Crippen molar-refractivity contribution in [1.29, 1.82) is 0 Å². The second-order valence-corrected chi connectivity index (χ2v) is 4.99. The molecule has 3 rings (SSSR count). The maximum Gasteiger partial charge on any atom is 0.315 e. The second kappa shape index (κ2) is 4.99. The third kappa shape index (κ3) is 2.59. The lowest BCUT2D eigenvalue weighted by Gasteiger charge is -2.20. The summed E-state index contributed by atoms with van der Waals surface area (Å²) >= 11 is 0.